The number of hydrogen-bond donors (Lipinski definition) is 7. The summed E-state index contributed by atoms with van der Waals surface area (Å²) in [7, 11) is 1.77. The van der Waals surface area contributed by atoms with Crippen LogP contribution in [-0.2, 0) is 0 Å². The molecule has 1 aliphatic rings. The first-order valence-corrected chi connectivity index (χ1v) is 11.8. The number of amidine groups is 2. The number of urea groups is 2. The molecule has 0 radical (unpaired) electrons. The fourth-order valence-electron chi connectivity index (χ4n) is 3.83. The highest BCUT2D eigenvalue weighted by molar-refractivity contribution is 6.04. The molecule has 4 rings (SSSR count). The van der Waals surface area contributed by atoms with Crippen LogP contribution in [0.1, 0.15) is 16.7 Å². The molecule has 7 N–H and O–H groups in total. The van der Waals surface area contributed by atoms with E-state index in [1.165, 1.54) is 0 Å². The maximum Gasteiger partial charge on any atom is 0.323 e. The number of carbonyl (C=O) groups is 2. The lowest BCUT2D eigenvalue weighted by molar-refractivity contribution is -0.444. The van der Waals surface area contributed by atoms with Crippen LogP contribution in [0.3, 0.4) is 0 Å². The quantitative estimate of drug-likeness (QED) is 0.201. The molecule has 0 atom stereocenters. The number of benzene rings is 3. The molecule has 0 fully saturated rings. The van der Waals surface area contributed by atoms with E-state index in [-0.39, 0.29) is 6.03 Å². The fraction of sp³-hybridized carbons (Fsp3) is 0.148. The number of aliphatic imine (C=N–C) groups is 1. The van der Waals surface area contributed by atoms with Crippen LogP contribution in [0.2, 0.25) is 0 Å². The van der Waals surface area contributed by atoms with Crippen LogP contribution >= 0.6 is 0 Å². The Bertz CT molecular complexity index is 1380. The van der Waals surface area contributed by atoms with Crippen molar-refractivity contribution in [2.45, 2.75) is 6.92 Å². The van der Waals surface area contributed by atoms with Crippen molar-refractivity contribution >= 4 is 53.2 Å². The van der Waals surface area contributed by atoms with Gasteiger partial charge in [-0.2, -0.15) is 0 Å². The Hall–Kier alpha value is -4.99. The molecular formula is C27H30N8O2+2. The largest absolute Gasteiger partial charge is 0.323 e. The fourth-order valence-corrected chi connectivity index (χ4v) is 3.83. The molecule has 4 amide bonds. The third-order valence-corrected chi connectivity index (χ3v) is 5.69. The number of amides is 4. The van der Waals surface area contributed by atoms with Gasteiger partial charge in [0.2, 0.25) is 0 Å². The van der Waals surface area contributed by atoms with Crippen LogP contribution in [-0.4, -0.2) is 50.6 Å². The van der Waals surface area contributed by atoms with Gasteiger partial charge in [0.25, 0.3) is 5.84 Å². The molecule has 3 aromatic rings. The van der Waals surface area contributed by atoms with Crippen molar-refractivity contribution in [3.63, 3.8) is 0 Å². The summed E-state index contributed by atoms with van der Waals surface area (Å²) in [6.45, 7) is 7.14. The topological polar surface area (TPSA) is 135 Å². The minimum Gasteiger partial charge on any atom is -0.308 e. The zero-order valence-corrected chi connectivity index (χ0v) is 20.7. The molecule has 0 unspecified atom stereocenters. The van der Waals surface area contributed by atoms with Gasteiger partial charge in [-0.1, -0.05) is 17.1 Å². The summed E-state index contributed by atoms with van der Waals surface area (Å²) in [5.74, 6) is 1.59. The smallest absolute Gasteiger partial charge is 0.308 e. The zero-order valence-electron chi connectivity index (χ0n) is 20.7. The van der Waals surface area contributed by atoms with E-state index < -0.39 is 6.03 Å². The van der Waals surface area contributed by atoms with Crippen LogP contribution in [0, 0.1) is 6.92 Å². The second kappa shape index (κ2) is 11.6. The van der Waals surface area contributed by atoms with Crippen molar-refractivity contribution in [3.8, 4) is 0 Å². The van der Waals surface area contributed by atoms with E-state index in [1.807, 2.05) is 49.4 Å². The highest BCUT2D eigenvalue weighted by Gasteiger charge is 2.16. The van der Waals surface area contributed by atoms with E-state index in [9.17, 15) is 9.59 Å². The second-order valence-electron chi connectivity index (χ2n) is 8.33. The molecule has 1 heterocycles. The van der Waals surface area contributed by atoms with Gasteiger partial charge in [-0.25, -0.2) is 9.59 Å². The number of hydrogen-bond acceptors (Lipinski definition) is 3. The van der Waals surface area contributed by atoms with E-state index in [1.54, 1.807) is 31.3 Å². The van der Waals surface area contributed by atoms with Gasteiger partial charge >= 0.3 is 17.9 Å². The summed E-state index contributed by atoms with van der Waals surface area (Å²) in [5.41, 5.74) is 5.08. The molecule has 0 bridgehead atoms. The van der Waals surface area contributed by atoms with Crippen LogP contribution in [0.4, 0.5) is 32.3 Å². The second-order valence-corrected chi connectivity index (χ2v) is 8.33. The summed E-state index contributed by atoms with van der Waals surface area (Å²) in [4.78, 5) is 35.4. The minimum absolute atomic E-state index is 0.383. The van der Waals surface area contributed by atoms with Gasteiger partial charge in [0.15, 0.2) is 0 Å². The summed E-state index contributed by atoms with van der Waals surface area (Å²) in [6, 6.07) is 19.3. The Labute approximate surface area is 215 Å². The molecule has 0 aliphatic carbocycles. The molecular weight excluding hydrogens is 468 g/mol. The van der Waals surface area contributed by atoms with Crippen molar-refractivity contribution < 1.29 is 19.6 Å². The minimum atomic E-state index is -0.407. The highest BCUT2D eigenvalue weighted by atomic mass is 16.2. The summed E-state index contributed by atoms with van der Waals surface area (Å²) < 4.78 is 0. The first-order valence-electron chi connectivity index (χ1n) is 11.8. The van der Waals surface area contributed by atoms with Crippen LogP contribution < -0.4 is 36.6 Å². The zero-order chi connectivity index (χ0) is 26.2. The first-order chi connectivity index (χ1) is 17.9. The van der Waals surface area contributed by atoms with E-state index >= 15 is 0 Å². The van der Waals surface area contributed by atoms with Gasteiger partial charge in [-0.3, -0.25) is 15.3 Å². The van der Waals surface area contributed by atoms with Crippen LogP contribution in [0.15, 0.2) is 71.7 Å². The van der Waals surface area contributed by atoms with E-state index in [0.29, 0.717) is 28.6 Å². The van der Waals surface area contributed by atoms with Crippen molar-refractivity contribution in [1.29, 1.82) is 0 Å². The number of nitrogens with zero attached hydrogens (tertiary/aromatic N) is 1. The molecule has 1 aliphatic heterocycles. The molecule has 0 aromatic heterocycles. The van der Waals surface area contributed by atoms with Gasteiger partial charge in [0.05, 0.1) is 18.2 Å². The van der Waals surface area contributed by atoms with Crippen molar-refractivity contribution in [2.24, 2.45) is 4.99 Å². The molecule has 10 heteroatoms. The van der Waals surface area contributed by atoms with Gasteiger partial charge in [0.1, 0.15) is 19.8 Å². The number of carbonyl (C=O) groups excluding carboxylic acids is 2. The third-order valence-electron chi connectivity index (χ3n) is 5.69. The van der Waals surface area contributed by atoms with Crippen LogP contribution in [0.5, 0.6) is 0 Å². The predicted molar refractivity (Wildman–Crippen MR) is 148 cm³/mol. The lowest BCUT2D eigenvalue weighted by atomic mass is 10.1. The molecule has 188 valence electrons. The standard InChI is InChI=1S/C27H28N8O2/c1-17-7-10-22(34-26(36)32-20-11-8-18(9-12-20)24(28-2)29-3)16-23(17)35-27(37)33-21-6-4-5-19(15-21)25-30-13-14-31-25/h4-12,15-16H,2,13-14H2,1,3H3,(H,30,31)(H2,32,34,36)(H2,33,35,37)/p+2. The molecule has 37 heavy (non-hydrogen) atoms. The summed E-state index contributed by atoms with van der Waals surface area (Å²) in [6.07, 6.45) is 0. The molecule has 0 saturated carbocycles. The monoisotopic (exact) mass is 498 g/mol. The Kier molecular flexibility index (Phi) is 7.89. The number of aryl methyl sites for hydroxylation is 1. The number of nitrogens with one attached hydrogen (secondary N) is 7. The SMILES string of the molecule is C=NC(=[NH+]C)c1ccc(NC(=O)Nc2ccc(C)c(NC(=O)Nc3cccc(C4=[NH+]CCN4)c3)c2)cc1. The normalized spacial score (nSPS) is 12.7. The number of anilines is 4. The Balaban J connectivity index is 1.36. The summed E-state index contributed by atoms with van der Waals surface area (Å²) in [5, 5.41) is 14.6. The van der Waals surface area contributed by atoms with Gasteiger partial charge < -0.3 is 21.3 Å². The van der Waals surface area contributed by atoms with Gasteiger partial charge in [0, 0.05) is 22.7 Å². The maximum absolute atomic E-state index is 12.7. The third kappa shape index (κ3) is 6.57. The van der Waals surface area contributed by atoms with Crippen molar-refractivity contribution in [3.05, 3.63) is 83.4 Å². The average Bonchev–Trinajstić information content (AvgIpc) is 3.43. The molecule has 0 spiro atoms. The Morgan fingerprint density at radius 3 is 2.27 bits per heavy atom. The van der Waals surface area contributed by atoms with Gasteiger partial charge in [-0.15, -0.1) is 0 Å². The van der Waals surface area contributed by atoms with E-state index in [2.05, 4.69) is 48.3 Å². The first kappa shape index (κ1) is 25.1. The lowest BCUT2D eigenvalue weighted by Gasteiger charge is -2.13. The van der Waals surface area contributed by atoms with Crippen molar-refractivity contribution in [1.82, 2.24) is 5.32 Å². The highest BCUT2D eigenvalue weighted by Crippen LogP contribution is 2.21. The van der Waals surface area contributed by atoms with Crippen LogP contribution in [0.25, 0.3) is 0 Å². The number of rotatable bonds is 6. The molecule has 10 nitrogen and oxygen atoms in total. The predicted octanol–water partition coefficient (Wildman–Crippen LogP) is 0.871. The molecule has 3 aromatic carbocycles. The van der Waals surface area contributed by atoms with Gasteiger partial charge in [-0.05, 0) is 67.1 Å². The summed E-state index contributed by atoms with van der Waals surface area (Å²) >= 11 is 0. The van der Waals surface area contributed by atoms with Crippen molar-refractivity contribution in [2.75, 3.05) is 41.4 Å². The maximum atomic E-state index is 12.7. The molecule has 0 saturated heterocycles. The van der Waals surface area contributed by atoms with E-state index in [4.69, 9.17) is 0 Å². The Morgan fingerprint density at radius 1 is 0.919 bits per heavy atom. The van der Waals surface area contributed by atoms with E-state index in [0.717, 1.165) is 35.6 Å². The lowest BCUT2D eigenvalue weighted by Crippen LogP contribution is -2.70. The average molecular weight is 499 g/mol. The Morgan fingerprint density at radius 2 is 1.59 bits per heavy atom.